The van der Waals surface area contributed by atoms with E-state index in [9.17, 15) is 22.8 Å². The van der Waals surface area contributed by atoms with Crippen molar-refractivity contribution in [2.24, 2.45) is 0 Å². The standard InChI is InChI=1S/C17H11F3N2O3S/c18-17(19,20)13-5-10(14-2-1-9(6-22-14)16(24)25)3-11-4-12(7-21-8-23)26-15(11)13/h1-6,8H,7H2,(H,21,23)(H,24,25). The van der Waals surface area contributed by atoms with Gasteiger partial charge in [-0.1, -0.05) is 0 Å². The highest BCUT2D eigenvalue weighted by Gasteiger charge is 2.34. The summed E-state index contributed by atoms with van der Waals surface area (Å²) >= 11 is 0.961. The summed E-state index contributed by atoms with van der Waals surface area (Å²) < 4.78 is 40.5. The molecular formula is C17H11F3N2O3S. The topological polar surface area (TPSA) is 79.3 Å². The number of fused-ring (bicyclic) bond motifs is 1. The molecule has 9 heteroatoms. The molecular weight excluding hydrogens is 369 g/mol. The van der Waals surface area contributed by atoms with Gasteiger partial charge in [0.1, 0.15) is 0 Å². The molecule has 26 heavy (non-hydrogen) atoms. The maximum atomic E-state index is 13.5. The van der Waals surface area contributed by atoms with Crippen molar-refractivity contribution in [1.29, 1.82) is 0 Å². The Hall–Kier alpha value is -2.94. The van der Waals surface area contributed by atoms with Gasteiger partial charge in [-0.15, -0.1) is 11.3 Å². The largest absolute Gasteiger partial charge is 0.478 e. The van der Waals surface area contributed by atoms with Gasteiger partial charge in [-0.2, -0.15) is 13.2 Å². The van der Waals surface area contributed by atoms with E-state index in [4.69, 9.17) is 5.11 Å². The molecule has 0 unspecified atom stereocenters. The second-order valence-corrected chi connectivity index (χ2v) is 6.53. The van der Waals surface area contributed by atoms with E-state index in [1.54, 1.807) is 12.1 Å². The molecule has 134 valence electrons. The average Bonchev–Trinajstić information content (AvgIpc) is 3.01. The van der Waals surface area contributed by atoms with Crippen LogP contribution in [0.1, 0.15) is 20.8 Å². The third-order valence-electron chi connectivity index (χ3n) is 3.64. The smallest absolute Gasteiger partial charge is 0.417 e. The summed E-state index contributed by atoms with van der Waals surface area (Å²) in [5, 5.41) is 11.7. The van der Waals surface area contributed by atoms with Crippen molar-refractivity contribution in [3.63, 3.8) is 0 Å². The van der Waals surface area contributed by atoms with Crippen molar-refractivity contribution >= 4 is 33.8 Å². The van der Waals surface area contributed by atoms with Crippen LogP contribution in [0, 0.1) is 0 Å². The van der Waals surface area contributed by atoms with Crippen molar-refractivity contribution in [2.45, 2.75) is 12.7 Å². The summed E-state index contributed by atoms with van der Waals surface area (Å²) in [5.41, 5.74) is -0.379. The summed E-state index contributed by atoms with van der Waals surface area (Å²) in [6, 6.07) is 6.80. The number of rotatable bonds is 5. The quantitative estimate of drug-likeness (QED) is 0.658. The van der Waals surface area contributed by atoms with Gasteiger partial charge in [0.25, 0.3) is 0 Å². The Bertz CT molecular complexity index is 981. The van der Waals surface area contributed by atoms with Crippen molar-refractivity contribution in [3.8, 4) is 11.3 Å². The molecule has 1 aromatic carbocycles. The normalized spacial score (nSPS) is 11.5. The monoisotopic (exact) mass is 380 g/mol. The summed E-state index contributed by atoms with van der Waals surface area (Å²) in [7, 11) is 0. The number of thiophene rings is 1. The van der Waals surface area contributed by atoms with Gasteiger partial charge in [0.05, 0.1) is 23.4 Å². The fraction of sp³-hybridized carbons (Fsp3) is 0.118. The number of carbonyl (C=O) groups is 2. The third-order valence-corrected chi connectivity index (χ3v) is 4.82. The van der Waals surface area contributed by atoms with Crippen molar-refractivity contribution in [3.05, 3.63) is 52.5 Å². The Morgan fingerprint density at radius 2 is 2.04 bits per heavy atom. The minimum absolute atomic E-state index is 0.0522. The molecule has 0 fully saturated rings. The molecule has 0 atom stereocenters. The lowest BCUT2D eigenvalue weighted by atomic mass is 10.0. The SMILES string of the molecule is O=CNCc1cc2cc(-c3ccc(C(=O)O)cn3)cc(C(F)(F)F)c2s1. The predicted molar refractivity (Wildman–Crippen MR) is 89.9 cm³/mol. The lowest BCUT2D eigenvalue weighted by Crippen LogP contribution is -2.07. The maximum Gasteiger partial charge on any atom is 0.417 e. The third kappa shape index (κ3) is 3.52. The van der Waals surface area contributed by atoms with Crippen molar-refractivity contribution in [2.75, 3.05) is 0 Å². The maximum absolute atomic E-state index is 13.5. The molecule has 3 aromatic rings. The number of carboxylic acids is 1. The first kappa shape index (κ1) is 17.9. The fourth-order valence-electron chi connectivity index (χ4n) is 2.49. The minimum Gasteiger partial charge on any atom is -0.478 e. The highest BCUT2D eigenvalue weighted by Crippen LogP contribution is 2.41. The molecule has 0 spiro atoms. The van der Waals surface area contributed by atoms with Crippen LogP contribution in [0.15, 0.2) is 36.5 Å². The summed E-state index contributed by atoms with van der Waals surface area (Å²) in [6.07, 6.45) is -2.98. The summed E-state index contributed by atoms with van der Waals surface area (Å²) in [5.74, 6) is -1.17. The number of nitrogens with one attached hydrogen (secondary N) is 1. The summed E-state index contributed by atoms with van der Waals surface area (Å²) in [6.45, 7) is 0.140. The van der Waals surface area contributed by atoms with Gasteiger partial charge in [-0.3, -0.25) is 9.78 Å². The first-order valence-corrected chi connectivity index (χ1v) is 8.11. The lowest BCUT2D eigenvalue weighted by Gasteiger charge is -2.10. The van der Waals surface area contributed by atoms with Gasteiger partial charge >= 0.3 is 12.1 Å². The van der Waals surface area contributed by atoms with Crippen LogP contribution in [0.2, 0.25) is 0 Å². The molecule has 2 aromatic heterocycles. The number of nitrogens with zero attached hydrogens (tertiary/aromatic N) is 1. The van der Waals surface area contributed by atoms with Gasteiger partial charge in [0.15, 0.2) is 0 Å². The molecule has 0 saturated heterocycles. The Morgan fingerprint density at radius 1 is 1.27 bits per heavy atom. The number of halogens is 3. The van der Waals surface area contributed by atoms with Crippen molar-refractivity contribution < 1.29 is 27.9 Å². The second-order valence-electron chi connectivity index (χ2n) is 5.39. The highest BCUT2D eigenvalue weighted by molar-refractivity contribution is 7.19. The predicted octanol–water partition coefficient (Wildman–Crippen LogP) is 3.93. The number of hydrogen-bond donors (Lipinski definition) is 2. The van der Waals surface area contributed by atoms with E-state index in [1.807, 2.05) is 0 Å². The first-order chi connectivity index (χ1) is 12.3. The fourth-order valence-corrected chi connectivity index (χ4v) is 3.61. The van der Waals surface area contributed by atoms with Gasteiger partial charge in [0, 0.05) is 21.3 Å². The molecule has 0 aliphatic rings. The zero-order chi connectivity index (χ0) is 18.9. The molecule has 0 aliphatic heterocycles. The molecule has 3 rings (SSSR count). The first-order valence-electron chi connectivity index (χ1n) is 7.30. The van der Waals surface area contributed by atoms with Crippen LogP contribution in [-0.4, -0.2) is 22.5 Å². The highest BCUT2D eigenvalue weighted by atomic mass is 32.1. The Kier molecular flexibility index (Phi) is 4.64. The van der Waals surface area contributed by atoms with Gasteiger partial charge in [-0.25, -0.2) is 4.79 Å². The van der Waals surface area contributed by atoms with Gasteiger partial charge in [-0.05, 0) is 35.7 Å². The number of hydrogen-bond acceptors (Lipinski definition) is 4. The van der Waals surface area contributed by atoms with E-state index in [0.29, 0.717) is 16.7 Å². The molecule has 0 aliphatic carbocycles. The Morgan fingerprint density at radius 3 is 2.62 bits per heavy atom. The molecule has 0 saturated carbocycles. The van der Waals surface area contributed by atoms with E-state index in [0.717, 1.165) is 23.6 Å². The number of benzene rings is 1. The Labute approximate surface area is 149 Å². The van der Waals surface area contributed by atoms with Crippen LogP contribution in [-0.2, 0) is 17.5 Å². The van der Waals surface area contributed by atoms with E-state index < -0.39 is 17.7 Å². The Balaban J connectivity index is 2.13. The van der Waals surface area contributed by atoms with Gasteiger partial charge < -0.3 is 10.4 Å². The number of amides is 1. The molecule has 2 heterocycles. The van der Waals surface area contributed by atoms with Crippen LogP contribution in [0.25, 0.3) is 21.3 Å². The number of aromatic nitrogens is 1. The molecule has 0 radical (unpaired) electrons. The van der Waals surface area contributed by atoms with E-state index in [2.05, 4.69) is 10.3 Å². The molecule has 5 nitrogen and oxygen atoms in total. The number of pyridine rings is 1. The molecule has 2 N–H and O–H groups in total. The van der Waals surface area contributed by atoms with Crippen LogP contribution in [0.3, 0.4) is 0 Å². The zero-order valence-corrected chi connectivity index (χ0v) is 13.8. The van der Waals surface area contributed by atoms with Crippen LogP contribution in [0.5, 0.6) is 0 Å². The second kappa shape index (κ2) is 6.75. The lowest BCUT2D eigenvalue weighted by molar-refractivity contribution is -0.136. The van der Waals surface area contributed by atoms with Crippen LogP contribution in [0.4, 0.5) is 13.2 Å². The number of carbonyl (C=O) groups excluding carboxylic acids is 1. The van der Waals surface area contributed by atoms with Crippen LogP contribution >= 0.6 is 11.3 Å². The molecule has 0 bridgehead atoms. The minimum atomic E-state index is -4.56. The van der Waals surface area contributed by atoms with Crippen molar-refractivity contribution in [1.82, 2.24) is 10.3 Å². The summed E-state index contributed by atoms with van der Waals surface area (Å²) in [4.78, 5) is 25.8. The van der Waals surface area contributed by atoms with E-state index in [-0.39, 0.29) is 28.1 Å². The van der Waals surface area contributed by atoms with E-state index in [1.165, 1.54) is 12.1 Å². The molecule has 1 amide bonds. The number of alkyl halides is 3. The number of aromatic carboxylic acids is 1. The van der Waals surface area contributed by atoms with Crippen LogP contribution < -0.4 is 5.32 Å². The number of carboxylic acid groups (broad SMARTS) is 1. The van der Waals surface area contributed by atoms with Gasteiger partial charge in [0.2, 0.25) is 6.41 Å². The van der Waals surface area contributed by atoms with E-state index >= 15 is 0 Å². The zero-order valence-electron chi connectivity index (χ0n) is 13.0. The average molecular weight is 380 g/mol.